The second kappa shape index (κ2) is 8.94. The van der Waals surface area contributed by atoms with Crippen molar-refractivity contribution in [2.45, 2.75) is 26.0 Å². The van der Waals surface area contributed by atoms with E-state index in [0.717, 1.165) is 25.1 Å². The molecule has 1 fully saturated rings. The van der Waals surface area contributed by atoms with E-state index in [0.29, 0.717) is 30.4 Å². The number of piperazine rings is 1. The molecule has 0 bridgehead atoms. The molecular weight excluding hydrogens is 400 g/mol. The fraction of sp³-hybridized carbons (Fsp3) is 0.476. The SMILES string of the molecule is CCc1cccc(OC[C@H](O)Cn2c(N3CCNCC3)nc3c2c(=O)[nH]c(=O)n3C)c1. The van der Waals surface area contributed by atoms with Crippen LogP contribution < -0.4 is 26.2 Å². The zero-order valence-electron chi connectivity index (χ0n) is 17.8. The summed E-state index contributed by atoms with van der Waals surface area (Å²) >= 11 is 0. The number of rotatable bonds is 7. The first-order valence-electron chi connectivity index (χ1n) is 10.5. The number of hydrogen-bond acceptors (Lipinski definition) is 7. The number of aromatic nitrogens is 4. The van der Waals surface area contributed by atoms with Crippen molar-refractivity contribution in [2.75, 3.05) is 37.7 Å². The number of imidazole rings is 1. The minimum absolute atomic E-state index is 0.0670. The minimum Gasteiger partial charge on any atom is -0.491 e. The zero-order valence-corrected chi connectivity index (χ0v) is 17.8. The van der Waals surface area contributed by atoms with Crippen LogP contribution in [0.4, 0.5) is 5.95 Å². The van der Waals surface area contributed by atoms with Crippen molar-refractivity contribution < 1.29 is 9.84 Å². The number of aryl methyl sites for hydroxylation is 2. The standard InChI is InChI=1S/C21H28N6O4/c1-3-14-5-4-6-16(11-14)31-13-15(28)12-27-17-18(25(2)21(30)24-19(17)29)23-20(27)26-9-7-22-8-10-26/h4-6,11,15,22,28H,3,7-10,12-13H2,1-2H3,(H,24,29,30)/t15-/m1/s1. The van der Waals surface area contributed by atoms with Crippen LogP contribution in [-0.2, 0) is 20.0 Å². The van der Waals surface area contributed by atoms with Gasteiger partial charge in [-0.3, -0.25) is 14.3 Å². The number of hydrogen-bond donors (Lipinski definition) is 3. The number of anilines is 1. The molecule has 0 aliphatic carbocycles. The molecule has 3 aromatic rings. The van der Waals surface area contributed by atoms with Crippen LogP contribution in [0, 0.1) is 0 Å². The van der Waals surface area contributed by atoms with Gasteiger partial charge in [0.1, 0.15) is 18.5 Å². The molecule has 3 N–H and O–H groups in total. The normalized spacial score (nSPS) is 15.4. The number of aliphatic hydroxyl groups is 1. The van der Waals surface area contributed by atoms with E-state index < -0.39 is 17.4 Å². The van der Waals surface area contributed by atoms with Gasteiger partial charge in [0.15, 0.2) is 11.2 Å². The Balaban J connectivity index is 1.63. The topological polar surface area (TPSA) is 117 Å². The lowest BCUT2D eigenvalue weighted by Gasteiger charge is -2.29. The van der Waals surface area contributed by atoms with Gasteiger partial charge in [0, 0.05) is 33.2 Å². The van der Waals surface area contributed by atoms with E-state index in [1.165, 1.54) is 4.57 Å². The summed E-state index contributed by atoms with van der Waals surface area (Å²) in [6.45, 7) is 5.26. The van der Waals surface area contributed by atoms with E-state index in [1.807, 2.05) is 24.3 Å². The van der Waals surface area contributed by atoms with Crippen molar-refractivity contribution >= 4 is 17.1 Å². The minimum atomic E-state index is -0.874. The first-order chi connectivity index (χ1) is 15.0. The third kappa shape index (κ3) is 4.35. The lowest BCUT2D eigenvalue weighted by molar-refractivity contribution is 0.0936. The Labute approximate surface area is 179 Å². The van der Waals surface area contributed by atoms with Crippen molar-refractivity contribution in [1.82, 2.24) is 24.4 Å². The van der Waals surface area contributed by atoms with Gasteiger partial charge in [-0.2, -0.15) is 4.98 Å². The van der Waals surface area contributed by atoms with Crippen molar-refractivity contribution in [3.8, 4) is 5.75 Å². The predicted molar refractivity (Wildman–Crippen MR) is 118 cm³/mol. The van der Waals surface area contributed by atoms with Crippen LogP contribution in [0.1, 0.15) is 12.5 Å². The Bertz CT molecular complexity index is 1170. The number of H-pyrrole nitrogens is 1. The molecule has 166 valence electrons. The molecule has 1 atom stereocenters. The molecule has 0 spiro atoms. The molecule has 0 unspecified atom stereocenters. The maximum absolute atomic E-state index is 12.6. The fourth-order valence-electron chi connectivity index (χ4n) is 3.81. The van der Waals surface area contributed by atoms with Gasteiger partial charge in [-0.15, -0.1) is 0 Å². The van der Waals surface area contributed by atoms with Gasteiger partial charge in [0.25, 0.3) is 5.56 Å². The first kappa shape index (κ1) is 21.1. The summed E-state index contributed by atoms with van der Waals surface area (Å²) in [5, 5.41) is 14.0. The number of benzene rings is 1. The van der Waals surface area contributed by atoms with Gasteiger partial charge in [-0.05, 0) is 24.1 Å². The van der Waals surface area contributed by atoms with E-state index in [9.17, 15) is 14.7 Å². The summed E-state index contributed by atoms with van der Waals surface area (Å²) in [4.78, 5) is 33.7. The van der Waals surface area contributed by atoms with Gasteiger partial charge in [-0.25, -0.2) is 4.79 Å². The zero-order chi connectivity index (χ0) is 22.0. The molecular formula is C21H28N6O4. The van der Waals surface area contributed by atoms with Gasteiger partial charge >= 0.3 is 5.69 Å². The van der Waals surface area contributed by atoms with E-state index in [4.69, 9.17) is 4.74 Å². The van der Waals surface area contributed by atoms with Gasteiger partial charge in [0.05, 0.1) is 6.54 Å². The Morgan fingerprint density at radius 1 is 1.26 bits per heavy atom. The molecule has 1 saturated heterocycles. The third-order valence-electron chi connectivity index (χ3n) is 5.53. The highest BCUT2D eigenvalue weighted by Gasteiger charge is 2.24. The van der Waals surface area contributed by atoms with Crippen molar-refractivity contribution in [3.05, 3.63) is 50.7 Å². The predicted octanol–water partition coefficient (Wildman–Crippen LogP) is -0.165. The van der Waals surface area contributed by atoms with Crippen LogP contribution in [0.5, 0.6) is 5.75 Å². The molecule has 1 aliphatic heterocycles. The second-order valence-electron chi connectivity index (χ2n) is 7.72. The highest BCUT2D eigenvalue weighted by Crippen LogP contribution is 2.21. The number of aromatic amines is 1. The summed E-state index contributed by atoms with van der Waals surface area (Å²) in [5.74, 6) is 1.26. The number of aliphatic hydroxyl groups excluding tert-OH is 1. The Hall–Kier alpha value is -3.11. The number of ether oxygens (including phenoxy) is 1. The molecule has 4 rings (SSSR count). The van der Waals surface area contributed by atoms with E-state index >= 15 is 0 Å². The van der Waals surface area contributed by atoms with Crippen LogP contribution in [0.3, 0.4) is 0 Å². The Morgan fingerprint density at radius 3 is 2.77 bits per heavy atom. The largest absolute Gasteiger partial charge is 0.491 e. The lowest BCUT2D eigenvalue weighted by Crippen LogP contribution is -2.45. The molecule has 1 aromatic carbocycles. The van der Waals surface area contributed by atoms with Gasteiger partial charge in [-0.1, -0.05) is 19.1 Å². The van der Waals surface area contributed by atoms with E-state index in [-0.39, 0.29) is 18.7 Å². The molecule has 10 nitrogen and oxygen atoms in total. The Kier molecular flexibility index (Phi) is 6.10. The van der Waals surface area contributed by atoms with Crippen LogP contribution in [0.2, 0.25) is 0 Å². The first-order valence-corrected chi connectivity index (χ1v) is 10.5. The second-order valence-corrected chi connectivity index (χ2v) is 7.72. The quantitative estimate of drug-likeness (QED) is 0.478. The molecule has 31 heavy (non-hydrogen) atoms. The lowest BCUT2D eigenvalue weighted by atomic mass is 10.2. The number of nitrogens with zero attached hydrogens (tertiary/aromatic N) is 4. The molecule has 10 heteroatoms. The van der Waals surface area contributed by atoms with Crippen LogP contribution in [0.15, 0.2) is 33.9 Å². The monoisotopic (exact) mass is 428 g/mol. The highest BCUT2D eigenvalue weighted by atomic mass is 16.5. The van der Waals surface area contributed by atoms with E-state index in [2.05, 4.69) is 27.1 Å². The van der Waals surface area contributed by atoms with Gasteiger partial charge < -0.3 is 24.6 Å². The summed E-state index contributed by atoms with van der Waals surface area (Å²) in [7, 11) is 1.57. The van der Waals surface area contributed by atoms with Crippen molar-refractivity contribution in [3.63, 3.8) is 0 Å². The molecule has 3 heterocycles. The summed E-state index contributed by atoms with van der Waals surface area (Å²) in [6.07, 6.45) is 0.0250. The van der Waals surface area contributed by atoms with Crippen molar-refractivity contribution in [2.24, 2.45) is 7.05 Å². The smallest absolute Gasteiger partial charge is 0.329 e. The van der Waals surface area contributed by atoms with Crippen LogP contribution >= 0.6 is 0 Å². The summed E-state index contributed by atoms with van der Waals surface area (Å²) < 4.78 is 8.79. The molecule has 0 saturated carbocycles. The van der Waals surface area contributed by atoms with Crippen LogP contribution in [0.25, 0.3) is 11.2 Å². The number of fused-ring (bicyclic) bond motifs is 1. The van der Waals surface area contributed by atoms with E-state index in [1.54, 1.807) is 11.6 Å². The summed E-state index contributed by atoms with van der Waals surface area (Å²) in [5.41, 5.74) is 0.680. The summed E-state index contributed by atoms with van der Waals surface area (Å²) in [6, 6.07) is 7.75. The average molecular weight is 428 g/mol. The van der Waals surface area contributed by atoms with Crippen LogP contribution in [-0.4, -0.2) is 63.1 Å². The molecule has 2 aromatic heterocycles. The molecule has 0 radical (unpaired) electrons. The van der Waals surface area contributed by atoms with Gasteiger partial charge in [0.2, 0.25) is 5.95 Å². The fourth-order valence-corrected chi connectivity index (χ4v) is 3.81. The molecule has 1 aliphatic rings. The third-order valence-corrected chi connectivity index (χ3v) is 5.53. The number of nitrogens with one attached hydrogen (secondary N) is 2. The molecule has 0 amide bonds. The average Bonchev–Trinajstić information content (AvgIpc) is 3.16. The Morgan fingerprint density at radius 2 is 2.03 bits per heavy atom. The highest BCUT2D eigenvalue weighted by molar-refractivity contribution is 5.74. The van der Waals surface area contributed by atoms with Crippen molar-refractivity contribution in [1.29, 1.82) is 0 Å². The maximum atomic E-state index is 12.6. The maximum Gasteiger partial charge on any atom is 0.329 e.